The Bertz CT molecular complexity index is 495. The summed E-state index contributed by atoms with van der Waals surface area (Å²) in [5.74, 6) is 0. The highest BCUT2D eigenvalue weighted by atomic mass is 32.1. The second-order valence-electron chi connectivity index (χ2n) is 4.57. The van der Waals surface area contributed by atoms with E-state index in [9.17, 15) is 0 Å². The second-order valence-corrected chi connectivity index (χ2v) is 5.60. The first-order valence-electron chi connectivity index (χ1n) is 5.29. The van der Waals surface area contributed by atoms with Crippen molar-refractivity contribution in [3.63, 3.8) is 0 Å². The summed E-state index contributed by atoms with van der Waals surface area (Å²) in [4.78, 5) is 5.57. The molecule has 0 saturated carbocycles. The van der Waals surface area contributed by atoms with Gasteiger partial charge in [0, 0.05) is 22.2 Å². The van der Waals surface area contributed by atoms with E-state index in [0.717, 1.165) is 9.88 Å². The van der Waals surface area contributed by atoms with Crippen LogP contribution in [0.25, 0.3) is 10.6 Å². The molecule has 2 N–H and O–H groups in total. The Morgan fingerprint density at radius 3 is 2.50 bits per heavy atom. The van der Waals surface area contributed by atoms with Gasteiger partial charge < -0.3 is 5.73 Å². The first kappa shape index (κ1) is 11.3. The normalized spacial score (nSPS) is 11.8. The van der Waals surface area contributed by atoms with E-state index in [1.165, 1.54) is 11.1 Å². The fourth-order valence-corrected chi connectivity index (χ4v) is 2.53. The third-order valence-corrected chi connectivity index (χ3v) is 3.89. The number of aromatic nitrogens is 1. The fraction of sp³-hybridized carbons (Fsp3) is 0.308. The summed E-state index contributed by atoms with van der Waals surface area (Å²) < 4.78 is 0. The third kappa shape index (κ3) is 2.15. The molecular weight excluding hydrogens is 216 g/mol. The maximum absolute atomic E-state index is 6.06. The lowest BCUT2D eigenvalue weighted by Gasteiger charge is -2.14. The van der Waals surface area contributed by atoms with Gasteiger partial charge in [-0.3, -0.25) is 0 Å². The Balaban J connectivity index is 2.44. The van der Waals surface area contributed by atoms with Crippen LogP contribution in [0.3, 0.4) is 0 Å². The minimum Gasteiger partial charge on any atom is -0.321 e. The minimum absolute atomic E-state index is 0.307. The zero-order valence-electron chi connectivity index (χ0n) is 9.82. The number of nitrogens with two attached hydrogens (primary N) is 1. The quantitative estimate of drug-likeness (QED) is 0.862. The smallest absolute Gasteiger partial charge is 0.123 e. The monoisotopic (exact) mass is 232 g/mol. The zero-order valence-corrected chi connectivity index (χ0v) is 10.6. The molecule has 2 aromatic rings. The van der Waals surface area contributed by atoms with Gasteiger partial charge in [0.25, 0.3) is 0 Å². The Hall–Kier alpha value is -1.19. The molecule has 0 aliphatic carbocycles. The van der Waals surface area contributed by atoms with Crippen LogP contribution in [0.15, 0.2) is 30.5 Å². The summed E-state index contributed by atoms with van der Waals surface area (Å²) in [7, 11) is 0. The van der Waals surface area contributed by atoms with Crippen LogP contribution in [-0.4, -0.2) is 4.98 Å². The third-order valence-electron chi connectivity index (χ3n) is 2.52. The topological polar surface area (TPSA) is 38.9 Å². The lowest BCUT2D eigenvalue weighted by atomic mass is 10.1. The summed E-state index contributed by atoms with van der Waals surface area (Å²) in [6.45, 7) is 6.11. The van der Waals surface area contributed by atoms with Crippen LogP contribution in [-0.2, 0) is 5.54 Å². The molecule has 0 aliphatic rings. The number of aryl methyl sites for hydroxylation is 1. The van der Waals surface area contributed by atoms with Gasteiger partial charge in [-0.1, -0.05) is 24.3 Å². The Kier molecular flexibility index (Phi) is 2.82. The van der Waals surface area contributed by atoms with Crippen molar-refractivity contribution < 1.29 is 0 Å². The Labute approximate surface area is 100 Å². The van der Waals surface area contributed by atoms with Crippen molar-refractivity contribution in [2.24, 2.45) is 5.73 Å². The van der Waals surface area contributed by atoms with Gasteiger partial charge in [0.2, 0.25) is 0 Å². The molecule has 84 valence electrons. The van der Waals surface area contributed by atoms with Crippen molar-refractivity contribution in [1.82, 2.24) is 4.98 Å². The maximum Gasteiger partial charge on any atom is 0.123 e. The molecule has 2 nitrogen and oxygen atoms in total. The molecular formula is C13H16N2S. The van der Waals surface area contributed by atoms with E-state index in [1.807, 2.05) is 32.2 Å². The van der Waals surface area contributed by atoms with E-state index in [1.54, 1.807) is 11.3 Å². The van der Waals surface area contributed by atoms with Crippen LogP contribution in [0.4, 0.5) is 0 Å². The van der Waals surface area contributed by atoms with Gasteiger partial charge in [-0.05, 0) is 26.3 Å². The van der Waals surface area contributed by atoms with Gasteiger partial charge in [-0.25, -0.2) is 4.98 Å². The van der Waals surface area contributed by atoms with Gasteiger partial charge in [0.05, 0.1) is 0 Å². The second kappa shape index (κ2) is 4.00. The van der Waals surface area contributed by atoms with Crippen LogP contribution in [0.1, 0.15) is 24.3 Å². The molecule has 1 aromatic carbocycles. The van der Waals surface area contributed by atoms with Crippen molar-refractivity contribution in [3.8, 4) is 10.6 Å². The fourth-order valence-electron chi connectivity index (χ4n) is 1.51. The van der Waals surface area contributed by atoms with E-state index in [-0.39, 0.29) is 5.54 Å². The summed E-state index contributed by atoms with van der Waals surface area (Å²) in [5.41, 5.74) is 8.20. The number of rotatable bonds is 2. The van der Waals surface area contributed by atoms with Gasteiger partial charge in [-0.2, -0.15) is 0 Å². The number of hydrogen-bond donors (Lipinski definition) is 1. The number of thiazole rings is 1. The van der Waals surface area contributed by atoms with Crippen LogP contribution in [0.2, 0.25) is 0 Å². The molecule has 2 rings (SSSR count). The van der Waals surface area contributed by atoms with Crippen molar-refractivity contribution in [1.29, 1.82) is 0 Å². The van der Waals surface area contributed by atoms with Gasteiger partial charge in [0.15, 0.2) is 0 Å². The summed E-state index contributed by atoms with van der Waals surface area (Å²) >= 11 is 1.67. The first-order valence-corrected chi connectivity index (χ1v) is 6.11. The van der Waals surface area contributed by atoms with E-state index in [2.05, 4.69) is 24.0 Å². The Morgan fingerprint density at radius 1 is 1.25 bits per heavy atom. The standard InChI is InChI=1S/C13H16N2S/c1-9-6-4-5-7-10(9)12-15-8-11(16-12)13(2,3)14/h4-8H,14H2,1-3H3. The molecule has 1 aromatic heterocycles. The predicted molar refractivity (Wildman–Crippen MR) is 69.5 cm³/mol. The summed E-state index contributed by atoms with van der Waals surface area (Å²) in [6, 6.07) is 8.28. The van der Waals surface area contributed by atoms with Crippen LogP contribution < -0.4 is 5.73 Å². The van der Waals surface area contributed by atoms with Gasteiger partial charge in [0.1, 0.15) is 5.01 Å². The molecule has 0 unspecified atom stereocenters. The van der Waals surface area contributed by atoms with Crippen molar-refractivity contribution in [2.45, 2.75) is 26.3 Å². The molecule has 0 radical (unpaired) electrons. The summed E-state index contributed by atoms with van der Waals surface area (Å²) in [5, 5.41) is 1.05. The number of hydrogen-bond acceptors (Lipinski definition) is 3. The largest absolute Gasteiger partial charge is 0.321 e. The zero-order chi connectivity index (χ0) is 11.8. The number of nitrogens with zero attached hydrogens (tertiary/aromatic N) is 1. The molecule has 0 fully saturated rings. The summed E-state index contributed by atoms with van der Waals surface area (Å²) in [6.07, 6.45) is 1.88. The Morgan fingerprint density at radius 2 is 1.94 bits per heavy atom. The van der Waals surface area contributed by atoms with Crippen molar-refractivity contribution in [2.75, 3.05) is 0 Å². The molecule has 3 heteroatoms. The van der Waals surface area contributed by atoms with Crippen LogP contribution in [0, 0.1) is 6.92 Å². The van der Waals surface area contributed by atoms with Gasteiger partial charge >= 0.3 is 0 Å². The van der Waals surface area contributed by atoms with Crippen LogP contribution >= 0.6 is 11.3 Å². The van der Waals surface area contributed by atoms with E-state index in [0.29, 0.717) is 0 Å². The molecule has 0 aliphatic heterocycles. The predicted octanol–water partition coefficient (Wildman–Crippen LogP) is 3.31. The lowest BCUT2D eigenvalue weighted by Crippen LogP contribution is -2.27. The maximum atomic E-state index is 6.06. The SMILES string of the molecule is Cc1ccccc1-c1ncc(C(C)(C)N)s1. The molecule has 0 spiro atoms. The first-order chi connectivity index (χ1) is 7.48. The number of benzene rings is 1. The van der Waals surface area contributed by atoms with E-state index >= 15 is 0 Å². The highest BCUT2D eigenvalue weighted by Crippen LogP contribution is 2.31. The lowest BCUT2D eigenvalue weighted by molar-refractivity contribution is 0.566. The van der Waals surface area contributed by atoms with Crippen LogP contribution in [0.5, 0.6) is 0 Å². The highest BCUT2D eigenvalue weighted by molar-refractivity contribution is 7.15. The minimum atomic E-state index is -0.307. The van der Waals surface area contributed by atoms with Crippen molar-refractivity contribution in [3.05, 3.63) is 40.9 Å². The molecule has 0 bridgehead atoms. The molecule has 0 saturated heterocycles. The van der Waals surface area contributed by atoms with Crippen molar-refractivity contribution >= 4 is 11.3 Å². The van der Waals surface area contributed by atoms with E-state index < -0.39 is 0 Å². The highest BCUT2D eigenvalue weighted by Gasteiger charge is 2.18. The van der Waals surface area contributed by atoms with E-state index in [4.69, 9.17) is 5.73 Å². The average molecular weight is 232 g/mol. The average Bonchev–Trinajstić information content (AvgIpc) is 2.66. The molecule has 1 heterocycles. The molecule has 16 heavy (non-hydrogen) atoms. The molecule has 0 atom stereocenters. The molecule has 0 amide bonds. The van der Waals surface area contributed by atoms with Gasteiger partial charge in [-0.15, -0.1) is 11.3 Å².